The molecule has 0 aliphatic heterocycles. The van der Waals surface area contributed by atoms with Gasteiger partial charge in [-0.25, -0.2) is 4.98 Å². The summed E-state index contributed by atoms with van der Waals surface area (Å²) in [6.07, 6.45) is -6.35. The zero-order valence-electron chi connectivity index (χ0n) is 8.67. The van der Waals surface area contributed by atoms with Crippen LogP contribution in [0, 0.1) is 18.3 Å². The van der Waals surface area contributed by atoms with Crippen molar-refractivity contribution >= 4 is 0 Å². The molecule has 0 saturated carbocycles. The average molecular weight is 230 g/mol. The van der Waals surface area contributed by atoms with Crippen LogP contribution in [-0.4, -0.2) is 17.3 Å². The molecule has 0 amide bonds. The van der Waals surface area contributed by atoms with Crippen LogP contribution in [0.3, 0.4) is 0 Å². The Morgan fingerprint density at radius 1 is 1.44 bits per heavy atom. The zero-order valence-corrected chi connectivity index (χ0v) is 8.67. The van der Waals surface area contributed by atoms with Gasteiger partial charge in [0.2, 0.25) is 5.88 Å². The molecule has 6 heteroatoms. The number of alkyl halides is 3. The molecule has 86 valence electrons. The standard InChI is InChI=1S/C10H9F3N2O/c1-6-8(5-14)3-4-9(15-6)16-7(2)10(11,12)13/h3-4,7H,1-2H3/t7-/m0/s1. The van der Waals surface area contributed by atoms with Crippen LogP contribution in [-0.2, 0) is 0 Å². The van der Waals surface area contributed by atoms with Crippen molar-refractivity contribution < 1.29 is 17.9 Å². The summed E-state index contributed by atoms with van der Waals surface area (Å²) in [5.74, 6) is -0.138. The summed E-state index contributed by atoms with van der Waals surface area (Å²) in [4.78, 5) is 3.75. The maximum atomic E-state index is 12.2. The molecule has 0 aromatic carbocycles. The second-order valence-electron chi connectivity index (χ2n) is 3.20. The Labute approximate surface area is 90.5 Å². The largest absolute Gasteiger partial charge is 0.465 e. The summed E-state index contributed by atoms with van der Waals surface area (Å²) >= 11 is 0. The number of halogens is 3. The minimum Gasteiger partial charge on any atom is -0.465 e. The number of aromatic nitrogens is 1. The fourth-order valence-corrected chi connectivity index (χ4v) is 0.970. The highest BCUT2D eigenvalue weighted by molar-refractivity contribution is 5.34. The molecule has 0 radical (unpaired) electrons. The topological polar surface area (TPSA) is 45.9 Å². The van der Waals surface area contributed by atoms with Crippen molar-refractivity contribution in [2.45, 2.75) is 26.1 Å². The summed E-state index contributed by atoms with van der Waals surface area (Å²) in [5.41, 5.74) is 0.654. The van der Waals surface area contributed by atoms with Gasteiger partial charge in [0, 0.05) is 6.07 Å². The van der Waals surface area contributed by atoms with Gasteiger partial charge in [0.05, 0.1) is 11.3 Å². The Morgan fingerprint density at radius 2 is 2.06 bits per heavy atom. The lowest BCUT2D eigenvalue weighted by molar-refractivity contribution is -0.190. The molecule has 0 aliphatic rings. The Bertz CT molecular complexity index is 423. The molecular formula is C10H9F3N2O. The molecule has 16 heavy (non-hydrogen) atoms. The van der Waals surface area contributed by atoms with E-state index in [4.69, 9.17) is 5.26 Å². The summed E-state index contributed by atoms with van der Waals surface area (Å²) in [7, 11) is 0. The van der Waals surface area contributed by atoms with Crippen LogP contribution in [0.4, 0.5) is 13.2 Å². The van der Waals surface area contributed by atoms with Crippen molar-refractivity contribution in [1.82, 2.24) is 4.98 Å². The van der Waals surface area contributed by atoms with Crippen LogP contribution < -0.4 is 4.74 Å². The smallest absolute Gasteiger partial charge is 0.425 e. The number of aryl methyl sites for hydroxylation is 1. The summed E-state index contributed by atoms with van der Waals surface area (Å²) in [5, 5.41) is 8.61. The molecule has 0 bridgehead atoms. The summed E-state index contributed by atoms with van der Waals surface area (Å²) < 4.78 is 41.1. The molecule has 0 aliphatic carbocycles. The number of ether oxygens (including phenoxy) is 1. The summed E-state index contributed by atoms with van der Waals surface area (Å²) in [6, 6.07) is 4.49. The van der Waals surface area contributed by atoms with Gasteiger partial charge in [-0.2, -0.15) is 18.4 Å². The predicted molar refractivity (Wildman–Crippen MR) is 49.8 cm³/mol. The van der Waals surface area contributed by atoms with Crippen LogP contribution in [0.1, 0.15) is 18.2 Å². The van der Waals surface area contributed by atoms with Crippen LogP contribution in [0.15, 0.2) is 12.1 Å². The van der Waals surface area contributed by atoms with Crippen LogP contribution >= 0.6 is 0 Å². The van der Waals surface area contributed by atoms with E-state index in [1.54, 1.807) is 0 Å². The van der Waals surface area contributed by atoms with E-state index in [9.17, 15) is 13.2 Å². The van der Waals surface area contributed by atoms with Gasteiger partial charge in [-0.15, -0.1) is 0 Å². The van der Waals surface area contributed by atoms with Gasteiger partial charge in [-0.3, -0.25) is 0 Å². The van der Waals surface area contributed by atoms with Crippen molar-refractivity contribution in [2.24, 2.45) is 0 Å². The molecular weight excluding hydrogens is 221 g/mol. The Kier molecular flexibility index (Phi) is 3.38. The number of pyridine rings is 1. The van der Waals surface area contributed by atoms with Crippen molar-refractivity contribution in [1.29, 1.82) is 5.26 Å². The third kappa shape index (κ3) is 2.86. The number of hydrogen-bond donors (Lipinski definition) is 0. The van der Waals surface area contributed by atoms with Gasteiger partial charge in [0.15, 0.2) is 6.10 Å². The van der Waals surface area contributed by atoms with Crippen molar-refractivity contribution in [3.05, 3.63) is 23.4 Å². The van der Waals surface area contributed by atoms with Gasteiger partial charge >= 0.3 is 6.18 Å². The van der Waals surface area contributed by atoms with E-state index in [0.29, 0.717) is 11.3 Å². The monoisotopic (exact) mass is 230 g/mol. The fourth-order valence-electron chi connectivity index (χ4n) is 0.970. The minimum atomic E-state index is -4.43. The number of hydrogen-bond acceptors (Lipinski definition) is 3. The first-order chi connectivity index (χ1) is 7.34. The van der Waals surface area contributed by atoms with Crippen molar-refractivity contribution in [2.75, 3.05) is 0 Å². The second-order valence-corrected chi connectivity index (χ2v) is 3.20. The van der Waals surface area contributed by atoms with Gasteiger partial charge < -0.3 is 4.74 Å². The highest BCUT2D eigenvalue weighted by atomic mass is 19.4. The normalized spacial score (nSPS) is 13.0. The van der Waals surface area contributed by atoms with E-state index < -0.39 is 12.3 Å². The van der Waals surface area contributed by atoms with Gasteiger partial charge in [0.1, 0.15) is 6.07 Å². The highest BCUT2D eigenvalue weighted by Gasteiger charge is 2.38. The van der Waals surface area contributed by atoms with Crippen LogP contribution in [0.5, 0.6) is 5.88 Å². The molecule has 0 unspecified atom stereocenters. The van der Waals surface area contributed by atoms with E-state index in [0.717, 1.165) is 6.92 Å². The molecule has 0 N–H and O–H groups in total. The van der Waals surface area contributed by atoms with Crippen LogP contribution in [0.2, 0.25) is 0 Å². The van der Waals surface area contributed by atoms with Crippen molar-refractivity contribution in [3.63, 3.8) is 0 Å². The minimum absolute atomic E-state index is 0.138. The Morgan fingerprint density at radius 3 is 2.50 bits per heavy atom. The molecule has 0 spiro atoms. The first-order valence-electron chi connectivity index (χ1n) is 4.45. The molecule has 0 fully saturated rings. The maximum Gasteiger partial charge on any atom is 0.425 e. The van der Waals surface area contributed by atoms with E-state index in [2.05, 4.69) is 9.72 Å². The number of nitrogens with zero attached hydrogens (tertiary/aromatic N) is 2. The molecule has 1 aromatic rings. The molecule has 0 saturated heterocycles. The molecule has 1 atom stereocenters. The van der Waals surface area contributed by atoms with E-state index in [1.807, 2.05) is 6.07 Å². The average Bonchev–Trinajstić information content (AvgIpc) is 2.16. The quantitative estimate of drug-likeness (QED) is 0.784. The Balaban J connectivity index is 2.85. The van der Waals surface area contributed by atoms with E-state index in [-0.39, 0.29) is 5.88 Å². The lowest BCUT2D eigenvalue weighted by atomic mass is 10.2. The Hall–Kier alpha value is -1.77. The zero-order chi connectivity index (χ0) is 12.3. The van der Waals surface area contributed by atoms with E-state index in [1.165, 1.54) is 19.1 Å². The summed E-state index contributed by atoms with van der Waals surface area (Å²) in [6.45, 7) is 2.43. The first kappa shape index (κ1) is 12.3. The van der Waals surface area contributed by atoms with E-state index >= 15 is 0 Å². The third-order valence-electron chi connectivity index (χ3n) is 1.94. The van der Waals surface area contributed by atoms with Crippen molar-refractivity contribution in [3.8, 4) is 11.9 Å². The molecule has 1 aromatic heterocycles. The van der Waals surface area contributed by atoms with Gasteiger partial charge in [-0.05, 0) is 19.9 Å². The van der Waals surface area contributed by atoms with Gasteiger partial charge in [0.25, 0.3) is 0 Å². The number of rotatable bonds is 2. The number of nitriles is 1. The second kappa shape index (κ2) is 4.39. The molecule has 1 rings (SSSR count). The fraction of sp³-hybridized carbons (Fsp3) is 0.400. The predicted octanol–water partition coefficient (Wildman–Crippen LogP) is 2.59. The molecule has 3 nitrogen and oxygen atoms in total. The highest BCUT2D eigenvalue weighted by Crippen LogP contribution is 2.24. The molecule has 1 heterocycles. The van der Waals surface area contributed by atoms with Crippen LogP contribution in [0.25, 0.3) is 0 Å². The lowest BCUT2D eigenvalue weighted by Crippen LogP contribution is -2.31. The lowest BCUT2D eigenvalue weighted by Gasteiger charge is -2.17. The third-order valence-corrected chi connectivity index (χ3v) is 1.94. The first-order valence-corrected chi connectivity index (χ1v) is 4.45. The van der Waals surface area contributed by atoms with Gasteiger partial charge in [-0.1, -0.05) is 0 Å². The maximum absolute atomic E-state index is 12.2. The SMILES string of the molecule is Cc1nc(O[C@@H](C)C(F)(F)F)ccc1C#N.